The van der Waals surface area contributed by atoms with Gasteiger partial charge in [0.1, 0.15) is 0 Å². The van der Waals surface area contributed by atoms with E-state index in [1.165, 1.54) is 0 Å². The molecular formula is C18H21N3O4. The van der Waals surface area contributed by atoms with Crippen LogP contribution in [-0.4, -0.2) is 39.0 Å². The molecule has 1 aromatic heterocycles. The molecule has 1 N–H and O–H groups in total. The first kappa shape index (κ1) is 16.0. The number of aromatic nitrogens is 2. The van der Waals surface area contributed by atoms with Gasteiger partial charge in [0.05, 0.1) is 24.0 Å². The minimum Gasteiger partial charge on any atom is -0.454 e. The highest BCUT2D eigenvalue weighted by molar-refractivity contribution is 5.95. The van der Waals surface area contributed by atoms with Crippen molar-refractivity contribution in [1.82, 2.24) is 14.7 Å². The number of benzene rings is 1. The summed E-state index contributed by atoms with van der Waals surface area (Å²) in [6, 6.07) is 7.18. The maximum absolute atomic E-state index is 12.9. The van der Waals surface area contributed by atoms with E-state index in [-0.39, 0.29) is 12.7 Å². The van der Waals surface area contributed by atoms with Gasteiger partial charge in [0.15, 0.2) is 11.5 Å². The van der Waals surface area contributed by atoms with Gasteiger partial charge in [-0.3, -0.25) is 9.48 Å². The van der Waals surface area contributed by atoms with Crippen molar-refractivity contribution in [3.8, 4) is 11.5 Å². The Morgan fingerprint density at radius 2 is 2.12 bits per heavy atom. The van der Waals surface area contributed by atoms with Crippen LogP contribution in [0.4, 0.5) is 0 Å². The van der Waals surface area contributed by atoms with Crippen LogP contribution in [0.2, 0.25) is 0 Å². The maximum Gasteiger partial charge on any atom is 0.254 e. The molecule has 4 rings (SSSR count). The quantitative estimate of drug-likeness (QED) is 0.923. The summed E-state index contributed by atoms with van der Waals surface area (Å²) in [5, 5.41) is 14.5. The van der Waals surface area contributed by atoms with Crippen LogP contribution in [-0.2, 0) is 13.1 Å². The SMILES string of the molecule is CC[C@H](O)c1cc2n(n1)CCCN(C(=O)c1ccc3c(c1)OCO3)C2. The first-order valence-electron chi connectivity index (χ1n) is 8.59. The number of amides is 1. The zero-order valence-electron chi connectivity index (χ0n) is 14.1. The number of aliphatic hydroxyl groups excluding tert-OH is 1. The molecule has 0 spiro atoms. The van der Waals surface area contributed by atoms with E-state index in [2.05, 4.69) is 5.10 Å². The summed E-state index contributed by atoms with van der Waals surface area (Å²) >= 11 is 0. The smallest absolute Gasteiger partial charge is 0.254 e. The second-order valence-electron chi connectivity index (χ2n) is 6.36. The van der Waals surface area contributed by atoms with Crippen LogP contribution in [0.3, 0.4) is 0 Å². The van der Waals surface area contributed by atoms with Gasteiger partial charge in [0, 0.05) is 18.7 Å². The molecule has 0 saturated heterocycles. The van der Waals surface area contributed by atoms with Crippen molar-refractivity contribution < 1.29 is 19.4 Å². The predicted molar refractivity (Wildman–Crippen MR) is 89.4 cm³/mol. The number of ether oxygens (including phenoxy) is 2. The first-order valence-corrected chi connectivity index (χ1v) is 8.59. The number of rotatable bonds is 3. The van der Waals surface area contributed by atoms with Crippen LogP contribution in [0.5, 0.6) is 11.5 Å². The molecule has 1 atom stereocenters. The van der Waals surface area contributed by atoms with Gasteiger partial charge in [0.25, 0.3) is 5.91 Å². The Morgan fingerprint density at radius 3 is 2.96 bits per heavy atom. The molecule has 2 aliphatic heterocycles. The molecule has 1 aromatic carbocycles. The summed E-state index contributed by atoms with van der Waals surface area (Å²) in [6.45, 7) is 4.01. The zero-order chi connectivity index (χ0) is 17.4. The van der Waals surface area contributed by atoms with E-state index >= 15 is 0 Å². The van der Waals surface area contributed by atoms with Crippen molar-refractivity contribution in [2.75, 3.05) is 13.3 Å². The second kappa shape index (κ2) is 6.40. The Hall–Kier alpha value is -2.54. The second-order valence-corrected chi connectivity index (χ2v) is 6.36. The van der Waals surface area contributed by atoms with Crippen molar-refractivity contribution in [2.45, 2.75) is 39.0 Å². The summed E-state index contributed by atoms with van der Waals surface area (Å²) in [7, 11) is 0. The Labute approximate surface area is 145 Å². The van der Waals surface area contributed by atoms with Gasteiger partial charge in [-0.1, -0.05) is 6.92 Å². The summed E-state index contributed by atoms with van der Waals surface area (Å²) in [4.78, 5) is 14.7. The summed E-state index contributed by atoms with van der Waals surface area (Å²) in [6.07, 6.45) is 0.889. The molecule has 3 heterocycles. The average Bonchev–Trinajstić information content (AvgIpc) is 3.21. The van der Waals surface area contributed by atoms with Crippen molar-refractivity contribution in [1.29, 1.82) is 0 Å². The van der Waals surface area contributed by atoms with Crippen LogP contribution >= 0.6 is 0 Å². The number of hydrogen-bond donors (Lipinski definition) is 1. The fourth-order valence-corrected chi connectivity index (χ4v) is 3.24. The van der Waals surface area contributed by atoms with E-state index in [0.717, 1.165) is 18.7 Å². The molecule has 0 radical (unpaired) electrons. The summed E-state index contributed by atoms with van der Waals surface area (Å²) < 4.78 is 12.6. The monoisotopic (exact) mass is 343 g/mol. The largest absolute Gasteiger partial charge is 0.454 e. The lowest BCUT2D eigenvalue weighted by atomic mass is 10.1. The average molecular weight is 343 g/mol. The van der Waals surface area contributed by atoms with Gasteiger partial charge in [-0.2, -0.15) is 5.10 Å². The molecular weight excluding hydrogens is 322 g/mol. The number of aryl methyl sites for hydroxylation is 1. The molecule has 0 unspecified atom stereocenters. The van der Waals surface area contributed by atoms with Crippen LogP contribution in [0.15, 0.2) is 24.3 Å². The van der Waals surface area contributed by atoms with Gasteiger partial charge in [-0.25, -0.2) is 0 Å². The van der Waals surface area contributed by atoms with Gasteiger partial charge < -0.3 is 19.5 Å². The van der Waals surface area contributed by atoms with Crippen molar-refractivity contribution >= 4 is 5.91 Å². The standard InChI is InChI=1S/C18H21N3O4/c1-2-15(22)14-9-13-10-20(6-3-7-21(13)19-14)18(23)12-4-5-16-17(8-12)25-11-24-16/h4-5,8-9,15,22H,2-3,6-7,10-11H2,1H3/t15-/m0/s1. The van der Waals surface area contributed by atoms with Crippen molar-refractivity contribution in [3.05, 3.63) is 41.2 Å². The minimum absolute atomic E-state index is 0.0365. The Morgan fingerprint density at radius 1 is 1.28 bits per heavy atom. The molecule has 132 valence electrons. The number of hydrogen-bond acceptors (Lipinski definition) is 5. The predicted octanol–water partition coefficient (Wildman–Crippen LogP) is 2.10. The first-order chi connectivity index (χ1) is 12.2. The van der Waals surface area contributed by atoms with Crippen LogP contribution in [0, 0.1) is 0 Å². The Kier molecular flexibility index (Phi) is 4.09. The Bertz CT molecular complexity index is 802. The summed E-state index contributed by atoms with van der Waals surface area (Å²) in [5.41, 5.74) is 2.22. The number of nitrogens with zero attached hydrogens (tertiary/aromatic N) is 3. The molecule has 0 aliphatic carbocycles. The van der Waals surface area contributed by atoms with Crippen LogP contribution < -0.4 is 9.47 Å². The van der Waals surface area contributed by atoms with E-state index in [0.29, 0.717) is 42.3 Å². The molecule has 7 nitrogen and oxygen atoms in total. The van der Waals surface area contributed by atoms with Gasteiger partial charge in [0.2, 0.25) is 6.79 Å². The number of carbonyl (C=O) groups excluding carboxylic acids is 1. The normalized spacial score (nSPS) is 17.1. The van der Waals surface area contributed by atoms with Crippen LogP contribution in [0.25, 0.3) is 0 Å². The van der Waals surface area contributed by atoms with E-state index < -0.39 is 6.10 Å². The Balaban J connectivity index is 1.56. The third kappa shape index (κ3) is 2.95. The number of aliphatic hydroxyl groups is 1. The molecule has 1 amide bonds. The molecule has 0 fully saturated rings. The highest BCUT2D eigenvalue weighted by Gasteiger charge is 2.24. The third-order valence-electron chi connectivity index (χ3n) is 4.67. The minimum atomic E-state index is -0.558. The van der Waals surface area contributed by atoms with Gasteiger partial charge in [-0.15, -0.1) is 0 Å². The molecule has 0 saturated carbocycles. The van der Waals surface area contributed by atoms with Gasteiger partial charge >= 0.3 is 0 Å². The lowest BCUT2D eigenvalue weighted by molar-refractivity contribution is 0.0745. The van der Waals surface area contributed by atoms with E-state index in [1.54, 1.807) is 18.2 Å². The molecule has 7 heteroatoms. The molecule has 0 bridgehead atoms. The summed E-state index contributed by atoms with van der Waals surface area (Å²) in [5.74, 6) is 1.24. The lowest BCUT2D eigenvalue weighted by Gasteiger charge is -2.20. The third-order valence-corrected chi connectivity index (χ3v) is 4.67. The topological polar surface area (TPSA) is 76.8 Å². The van der Waals surface area contributed by atoms with E-state index in [9.17, 15) is 9.90 Å². The maximum atomic E-state index is 12.9. The van der Waals surface area contributed by atoms with Gasteiger partial charge in [-0.05, 0) is 37.1 Å². The van der Waals surface area contributed by atoms with Crippen LogP contribution in [0.1, 0.15) is 47.6 Å². The number of fused-ring (bicyclic) bond motifs is 2. The van der Waals surface area contributed by atoms with E-state index in [4.69, 9.17) is 9.47 Å². The molecule has 2 aromatic rings. The zero-order valence-corrected chi connectivity index (χ0v) is 14.1. The highest BCUT2D eigenvalue weighted by Crippen LogP contribution is 2.33. The van der Waals surface area contributed by atoms with Crippen molar-refractivity contribution in [2.24, 2.45) is 0 Å². The number of carbonyl (C=O) groups is 1. The van der Waals surface area contributed by atoms with E-state index in [1.807, 2.05) is 22.6 Å². The highest BCUT2D eigenvalue weighted by atomic mass is 16.7. The molecule has 25 heavy (non-hydrogen) atoms. The fraction of sp³-hybridized carbons (Fsp3) is 0.444. The van der Waals surface area contributed by atoms with Crippen molar-refractivity contribution in [3.63, 3.8) is 0 Å². The molecule has 2 aliphatic rings. The lowest BCUT2D eigenvalue weighted by Crippen LogP contribution is -2.30. The fourth-order valence-electron chi connectivity index (χ4n) is 3.24.